The minimum absolute atomic E-state index is 0.524. The van der Waals surface area contributed by atoms with E-state index in [0.29, 0.717) is 0 Å². The Hall–Kier alpha value is -0.540. The Labute approximate surface area is 86.7 Å². The van der Waals surface area contributed by atoms with Gasteiger partial charge < -0.3 is 9.84 Å². The molecule has 0 radical (unpaired) electrons. The molecule has 0 saturated heterocycles. The highest BCUT2D eigenvalue weighted by atomic mass is 79.9. The molecule has 1 aromatic carbocycles. The molecule has 72 valence electrons. The number of aliphatic hydroxyl groups excluding tert-OH is 1. The number of hydrogen-bond donors (Lipinski definition) is 1. The molecule has 3 heteroatoms. The average Bonchev–Trinajstić information content (AvgIpc) is 2.07. The molecule has 0 aliphatic carbocycles. The van der Waals surface area contributed by atoms with Gasteiger partial charge in [-0.25, -0.2) is 0 Å². The second-order valence-corrected chi connectivity index (χ2v) is 3.84. The normalized spacial score (nSPS) is 12.7. The van der Waals surface area contributed by atoms with Gasteiger partial charge in [0.2, 0.25) is 0 Å². The molecule has 0 aromatic heterocycles. The molecule has 0 aliphatic rings. The number of ether oxygens (including phenoxy) is 1. The molecular weight excluding hydrogens is 232 g/mol. The summed E-state index contributed by atoms with van der Waals surface area (Å²) in [5.74, 6) is 0.754. The third kappa shape index (κ3) is 2.03. The van der Waals surface area contributed by atoms with Crippen molar-refractivity contribution in [3.05, 3.63) is 27.7 Å². The maximum absolute atomic E-state index is 9.53. The minimum Gasteiger partial charge on any atom is -0.496 e. The summed E-state index contributed by atoms with van der Waals surface area (Å²) in [6.07, 6.45) is -0.524. The van der Waals surface area contributed by atoms with Crippen LogP contribution in [-0.2, 0) is 0 Å². The van der Waals surface area contributed by atoms with E-state index in [4.69, 9.17) is 4.74 Å². The SMILES string of the molecule is COc1c(C)ccc(Br)c1C(C)O. The number of hydrogen-bond acceptors (Lipinski definition) is 2. The Morgan fingerprint density at radius 3 is 2.46 bits per heavy atom. The standard InChI is InChI=1S/C10H13BrO2/c1-6-4-5-8(11)9(7(2)12)10(6)13-3/h4-5,7,12H,1-3H3. The van der Waals surface area contributed by atoms with E-state index in [-0.39, 0.29) is 0 Å². The lowest BCUT2D eigenvalue weighted by molar-refractivity contribution is 0.193. The van der Waals surface area contributed by atoms with Crippen LogP contribution in [0.15, 0.2) is 16.6 Å². The van der Waals surface area contributed by atoms with Crippen LogP contribution in [0, 0.1) is 6.92 Å². The monoisotopic (exact) mass is 244 g/mol. The molecular formula is C10H13BrO2. The van der Waals surface area contributed by atoms with E-state index >= 15 is 0 Å². The number of aliphatic hydroxyl groups is 1. The Morgan fingerprint density at radius 1 is 1.46 bits per heavy atom. The molecule has 1 unspecified atom stereocenters. The Balaban J connectivity index is 3.35. The van der Waals surface area contributed by atoms with Crippen molar-refractivity contribution in [2.45, 2.75) is 20.0 Å². The summed E-state index contributed by atoms with van der Waals surface area (Å²) in [5, 5.41) is 9.53. The molecule has 1 atom stereocenters. The zero-order chi connectivity index (χ0) is 10.0. The number of methoxy groups -OCH3 is 1. The number of benzene rings is 1. The molecule has 0 spiro atoms. The Morgan fingerprint density at radius 2 is 2.08 bits per heavy atom. The molecule has 0 amide bonds. The van der Waals surface area contributed by atoms with E-state index in [1.54, 1.807) is 14.0 Å². The topological polar surface area (TPSA) is 29.5 Å². The van der Waals surface area contributed by atoms with Crippen LogP contribution in [0.25, 0.3) is 0 Å². The van der Waals surface area contributed by atoms with Crippen LogP contribution in [0.5, 0.6) is 5.75 Å². The highest BCUT2D eigenvalue weighted by molar-refractivity contribution is 9.10. The predicted molar refractivity (Wildman–Crippen MR) is 56.1 cm³/mol. The zero-order valence-electron chi connectivity index (χ0n) is 7.97. The van der Waals surface area contributed by atoms with Gasteiger partial charge in [-0.15, -0.1) is 0 Å². The molecule has 0 heterocycles. The van der Waals surface area contributed by atoms with Crippen LogP contribution in [0.1, 0.15) is 24.2 Å². The van der Waals surface area contributed by atoms with Crippen molar-refractivity contribution < 1.29 is 9.84 Å². The Kier molecular flexibility index (Phi) is 3.33. The summed E-state index contributed by atoms with van der Waals surface area (Å²) in [6.45, 7) is 3.68. The summed E-state index contributed by atoms with van der Waals surface area (Å²) in [7, 11) is 1.61. The summed E-state index contributed by atoms with van der Waals surface area (Å²) >= 11 is 3.38. The molecule has 1 rings (SSSR count). The lowest BCUT2D eigenvalue weighted by atomic mass is 10.1. The Bertz CT molecular complexity index is 308. The maximum Gasteiger partial charge on any atom is 0.128 e. The largest absolute Gasteiger partial charge is 0.496 e. The van der Waals surface area contributed by atoms with Crippen LogP contribution in [-0.4, -0.2) is 12.2 Å². The van der Waals surface area contributed by atoms with Crippen LogP contribution >= 0.6 is 15.9 Å². The van der Waals surface area contributed by atoms with E-state index in [1.165, 1.54) is 0 Å². The maximum atomic E-state index is 9.53. The third-order valence-electron chi connectivity index (χ3n) is 1.96. The van der Waals surface area contributed by atoms with Crippen molar-refractivity contribution >= 4 is 15.9 Å². The van der Waals surface area contributed by atoms with Gasteiger partial charge in [-0.2, -0.15) is 0 Å². The van der Waals surface area contributed by atoms with Crippen LogP contribution in [0.4, 0.5) is 0 Å². The van der Waals surface area contributed by atoms with E-state index in [2.05, 4.69) is 15.9 Å². The van der Waals surface area contributed by atoms with Crippen LogP contribution < -0.4 is 4.74 Å². The van der Waals surface area contributed by atoms with Gasteiger partial charge in [0, 0.05) is 10.0 Å². The summed E-state index contributed by atoms with van der Waals surface area (Å²) < 4.78 is 6.11. The molecule has 2 nitrogen and oxygen atoms in total. The van der Waals surface area contributed by atoms with Gasteiger partial charge >= 0.3 is 0 Å². The number of rotatable bonds is 2. The first-order valence-electron chi connectivity index (χ1n) is 4.09. The summed E-state index contributed by atoms with van der Waals surface area (Å²) in [4.78, 5) is 0. The summed E-state index contributed by atoms with van der Waals surface area (Å²) in [6, 6.07) is 3.87. The molecule has 0 bridgehead atoms. The van der Waals surface area contributed by atoms with Crippen molar-refractivity contribution in [1.82, 2.24) is 0 Å². The van der Waals surface area contributed by atoms with Gasteiger partial charge in [-0.3, -0.25) is 0 Å². The van der Waals surface area contributed by atoms with Gasteiger partial charge in [0.05, 0.1) is 13.2 Å². The predicted octanol–water partition coefficient (Wildman–Crippen LogP) is 2.82. The molecule has 1 aromatic rings. The first-order valence-corrected chi connectivity index (χ1v) is 4.88. The quantitative estimate of drug-likeness (QED) is 0.868. The van der Waals surface area contributed by atoms with Crippen LogP contribution in [0.2, 0.25) is 0 Å². The second-order valence-electron chi connectivity index (χ2n) is 2.99. The van der Waals surface area contributed by atoms with Gasteiger partial charge in [0.15, 0.2) is 0 Å². The molecule has 0 saturated carbocycles. The number of aryl methyl sites for hydroxylation is 1. The highest BCUT2D eigenvalue weighted by Gasteiger charge is 2.14. The zero-order valence-corrected chi connectivity index (χ0v) is 9.55. The second kappa shape index (κ2) is 4.11. The lowest BCUT2D eigenvalue weighted by Crippen LogP contribution is -1.99. The first-order chi connectivity index (χ1) is 6.07. The number of halogens is 1. The van der Waals surface area contributed by atoms with Crippen molar-refractivity contribution in [2.24, 2.45) is 0 Å². The smallest absolute Gasteiger partial charge is 0.128 e. The van der Waals surface area contributed by atoms with Crippen molar-refractivity contribution in [1.29, 1.82) is 0 Å². The average molecular weight is 245 g/mol. The van der Waals surface area contributed by atoms with E-state index in [9.17, 15) is 5.11 Å². The fourth-order valence-corrected chi connectivity index (χ4v) is 1.99. The molecule has 0 fully saturated rings. The fraction of sp³-hybridized carbons (Fsp3) is 0.400. The van der Waals surface area contributed by atoms with Crippen LogP contribution in [0.3, 0.4) is 0 Å². The lowest BCUT2D eigenvalue weighted by Gasteiger charge is -2.15. The van der Waals surface area contributed by atoms with E-state index < -0.39 is 6.10 Å². The first kappa shape index (κ1) is 10.5. The molecule has 1 N–H and O–H groups in total. The molecule has 13 heavy (non-hydrogen) atoms. The van der Waals surface area contributed by atoms with Gasteiger partial charge in [-0.05, 0) is 25.5 Å². The van der Waals surface area contributed by atoms with Gasteiger partial charge in [0.1, 0.15) is 5.75 Å². The highest BCUT2D eigenvalue weighted by Crippen LogP contribution is 2.34. The fourth-order valence-electron chi connectivity index (χ4n) is 1.34. The van der Waals surface area contributed by atoms with Crippen molar-refractivity contribution in [3.63, 3.8) is 0 Å². The molecule has 0 aliphatic heterocycles. The van der Waals surface area contributed by atoms with Gasteiger partial charge in [-0.1, -0.05) is 22.0 Å². The minimum atomic E-state index is -0.524. The van der Waals surface area contributed by atoms with Gasteiger partial charge in [0.25, 0.3) is 0 Å². The van der Waals surface area contributed by atoms with Crippen molar-refractivity contribution in [2.75, 3.05) is 7.11 Å². The third-order valence-corrected chi connectivity index (χ3v) is 2.65. The summed E-state index contributed by atoms with van der Waals surface area (Å²) in [5.41, 5.74) is 1.84. The van der Waals surface area contributed by atoms with E-state index in [1.807, 2.05) is 19.1 Å². The van der Waals surface area contributed by atoms with Crippen molar-refractivity contribution in [3.8, 4) is 5.75 Å². The van der Waals surface area contributed by atoms with E-state index in [0.717, 1.165) is 21.3 Å².